The maximum absolute atomic E-state index is 11.2. The minimum Gasteiger partial charge on any atom is -0.465 e. The second kappa shape index (κ2) is 7.65. The van der Waals surface area contributed by atoms with Crippen LogP contribution in [0.15, 0.2) is 34.7 Å². The van der Waals surface area contributed by atoms with Gasteiger partial charge >= 0.3 is 6.09 Å². The lowest BCUT2D eigenvalue weighted by Gasteiger charge is -2.31. The molecule has 0 bridgehead atoms. The first-order chi connectivity index (χ1) is 11.7. The first kappa shape index (κ1) is 18.9. The van der Waals surface area contributed by atoms with Crippen LogP contribution in [-0.4, -0.2) is 32.5 Å². The van der Waals surface area contributed by atoms with Crippen LogP contribution in [0, 0.1) is 11.3 Å². The van der Waals surface area contributed by atoms with Crippen molar-refractivity contribution in [2.75, 3.05) is 0 Å². The molecule has 1 amide bonds. The van der Waals surface area contributed by atoms with Crippen LogP contribution in [0.5, 0.6) is 0 Å². The normalized spacial score (nSPS) is 15.4. The summed E-state index contributed by atoms with van der Waals surface area (Å²) in [6.45, 7) is 8.08. The molecule has 2 rings (SSSR count). The lowest BCUT2D eigenvalue weighted by molar-refractivity contribution is 0.0645. The van der Waals surface area contributed by atoms with Crippen molar-refractivity contribution < 1.29 is 19.4 Å². The molecule has 7 nitrogen and oxygen atoms in total. The van der Waals surface area contributed by atoms with Gasteiger partial charge in [0.1, 0.15) is 0 Å². The van der Waals surface area contributed by atoms with Gasteiger partial charge in [-0.2, -0.15) is 0 Å². The molecule has 2 aromatic rings. The van der Waals surface area contributed by atoms with Crippen LogP contribution < -0.4 is 5.32 Å². The first-order valence-electron chi connectivity index (χ1n) is 8.24. The minimum absolute atomic E-state index is 0.00152. The molecule has 0 radical (unpaired) electrons. The standard InChI is InChI=1S/C18H25N3O4/c1-11(10-18(2,3)4)13(19-17(23)24)14(22)16-21-20-15(25-16)12-8-6-5-7-9-12/h5-9,11,13-14,19,22H,10H2,1-4H3,(H,23,24). The van der Waals surface area contributed by atoms with Gasteiger partial charge in [0, 0.05) is 5.56 Å². The summed E-state index contributed by atoms with van der Waals surface area (Å²) in [7, 11) is 0. The van der Waals surface area contributed by atoms with Crippen molar-refractivity contribution >= 4 is 6.09 Å². The number of rotatable bonds is 6. The zero-order chi connectivity index (χ0) is 18.6. The Kier molecular flexibility index (Phi) is 5.79. The number of carboxylic acid groups (broad SMARTS) is 1. The topological polar surface area (TPSA) is 108 Å². The number of aromatic nitrogens is 2. The van der Waals surface area contributed by atoms with E-state index in [4.69, 9.17) is 9.52 Å². The average Bonchev–Trinajstić information content (AvgIpc) is 3.01. The van der Waals surface area contributed by atoms with Crippen LogP contribution in [0.1, 0.15) is 46.1 Å². The predicted molar refractivity (Wildman–Crippen MR) is 92.9 cm³/mol. The largest absolute Gasteiger partial charge is 0.465 e. The maximum atomic E-state index is 11.2. The third-order valence-corrected chi connectivity index (χ3v) is 3.89. The Bertz CT molecular complexity index is 694. The molecule has 0 fully saturated rings. The molecule has 1 aromatic carbocycles. The molecule has 1 aromatic heterocycles. The summed E-state index contributed by atoms with van der Waals surface area (Å²) in [5.74, 6) is 0.156. The highest BCUT2D eigenvalue weighted by Crippen LogP contribution is 2.31. The van der Waals surface area contributed by atoms with Crippen molar-refractivity contribution in [3.8, 4) is 11.5 Å². The third-order valence-electron chi connectivity index (χ3n) is 3.89. The Labute approximate surface area is 147 Å². The Morgan fingerprint density at radius 2 is 1.88 bits per heavy atom. The molecule has 0 saturated carbocycles. The summed E-state index contributed by atoms with van der Waals surface area (Å²) in [4.78, 5) is 11.2. The molecule has 3 N–H and O–H groups in total. The Balaban J connectivity index is 2.22. The smallest absolute Gasteiger partial charge is 0.404 e. The van der Waals surface area contributed by atoms with E-state index in [2.05, 4.69) is 36.3 Å². The van der Waals surface area contributed by atoms with E-state index in [0.717, 1.165) is 5.56 Å². The van der Waals surface area contributed by atoms with Crippen LogP contribution in [0.3, 0.4) is 0 Å². The van der Waals surface area contributed by atoms with E-state index < -0.39 is 18.2 Å². The molecule has 0 saturated heterocycles. The quantitative estimate of drug-likeness (QED) is 0.738. The molecule has 0 aliphatic heterocycles. The fourth-order valence-corrected chi connectivity index (χ4v) is 2.97. The third kappa shape index (κ3) is 5.29. The number of carbonyl (C=O) groups is 1. The molecular weight excluding hydrogens is 322 g/mol. The maximum Gasteiger partial charge on any atom is 0.404 e. The Morgan fingerprint density at radius 1 is 1.24 bits per heavy atom. The summed E-state index contributed by atoms with van der Waals surface area (Å²) in [5.41, 5.74) is 0.723. The summed E-state index contributed by atoms with van der Waals surface area (Å²) in [5, 5.41) is 30.0. The number of benzene rings is 1. The molecule has 25 heavy (non-hydrogen) atoms. The Morgan fingerprint density at radius 3 is 2.44 bits per heavy atom. The number of aliphatic hydroxyl groups excluding tert-OH is 1. The van der Waals surface area contributed by atoms with E-state index in [0.29, 0.717) is 6.42 Å². The predicted octanol–water partition coefficient (Wildman–Crippen LogP) is 3.48. The average molecular weight is 347 g/mol. The second-order valence-electron chi connectivity index (χ2n) is 7.47. The van der Waals surface area contributed by atoms with Crippen molar-refractivity contribution in [1.29, 1.82) is 0 Å². The molecular formula is C18H25N3O4. The van der Waals surface area contributed by atoms with Crippen molar-refractivity contribution in [1.82, 2.24) is 15.5 Å². The Hall–Kier alpha value is -2.41. The molecule has 0 spiro atoms. The van der Waals surface area contributed by atoms with Gasteiger partial charge in [0.05, 0.1) is 6.04 Å². The number of hydrogen-bond donors (Lipinski definition) is 3. The molecule has 0 aliphatic carbocycles. The monoisotopic (exact) mass is 347 g/mol. The lowest BCUT2D eigenvalue weighted by Crippen LogP contribution is -2.44. The van der Waals surface area contributed by atoms with E-state index in [-0.39, 0.29) is 23.1 Å². The highest BCUT2D eigenvalue weighted by Gasteiger charge is 2.34. The van der Waals surface area contributed by atoms with Gasteiger partial charge in [-0.25, -0.2) is 4.79 Å². The number of amides is 1. The second-order valence-corrected chi connectivity index (χ2v) is 7.47. The number of hydrogen-bond acceptors (Lipinski definition) is 5. The zero-order valence-electron chi connectivity index (χ0n) is 14.9. The van der Waals surface area contributed by atoms with E-state index >= 15 is 0 Å². The molecule has 3 atom stereocenters. The van der Waals surface area contributed by atoms with E-state index in [1.54, 1.807) is 0 Å². The van der Waals surface area contributed by atoms with Crippen molar-refractivity contribution in [3.63, 3.8) is 0 Å². The van der Waals surface area contributed by atoms with Crippen molar-refractivity contribution in [2.24, 2.45) is 11.3 Å². The summed E-state index contributed by atoms with van der Waals surface area (Å²) >= 11 is 0. The lowest BCUT2D eigenvalue weighted by atomic mass is 9.81. The fraction of sp³-hybridized carbons (Fsp3) is 0.500. The fourth-order valence-electron chi connectivity index (χ4n) is 2.97. The number of nitrogens with one attached hydrogen (secondary N) is 1. The first-order valence-corrected chi connectivity index (χ1v) is 8.24. The molecule has 7 heteroatoms. The molecule has 1 heterocycles. The molecule has 0 aliphatic rings. The van der Waals surface area contributed by atoms with Crippen molar-refractivity contribution in [2.45, 2.75) is 46.3 Å². The summed E-state index contributed by atoms with van der Waals surface area (Å²) in [6, 6.07) is 8.45. The van der Waals surface area contributed by atoms with E-state index in [1.165, 1.54) is 0 Å². The van der Waals surface area contributed by atoms with Gasteiger partial charge in [0.15, 0.2) is 6.10 Å². The molecule has 136 valence electrons. The SMILES string of the molecule is CC(CC(C)(C)C)C(NC(=O)O)C(O)c1nnc(-c2ccccc2)o1. The van der Waals surface area contributed by atoms with Crippen molar-refractivity contribution in [3.05, 3.63) is 36.2 Å². The van der Waals surface area contributed by atoms with Crippen LogP contribution in [-0.2, 0) is 0 Å². The highest BCUT2D eigenvalue weighted by atomic mass is 16.4. The number of aliphatic hydroxyl groups is 1. The zero-order valence-corrected chi connectivity index (χ0v) is 14.9. The van der Waals surface area contributed by atoms with Gasteiger partial charge in [0.2, 0.25) is 11.8 Å². The van der Waals surface area contributed by atoms with E-state index in [9.17, 15) is 9.90 Å². The van der Waals surface area contributed by atoms with E-state index in [1.807, 2.05) is 37.3 Å². The van der Waals surface area contributed by atoms with Crippen LogP contribution in [0.2, 0.25) is 0 Å². The highest BCUT2D eigenvalue weighted by molar-refractivity contribution is 5.65. The minimum atomic E-state index is -1.22. The van der Waals surface area contributed by atoms with Crippen LogP contribution in [0.4, 0.5) is 4.79 Å². The van der Waals surface area contributed by atoms with Gasteiger partial charge in [-0.05, 0) is 29.9 Å². The number of nitrogens with zero attached hydrogens (tertiary/aromatic N) is 2. The van der Waals surface area contributed by atoms with Gasteiger partial charge in [-0.3, -0.25) is 0 Å². The van der Waals surface area contributed by atoms with Crippen LogP contribution >= 0.6 is 0 Å². The van der Waals surface area contributed by atoms with Gasteiger partial charge in [0.25, 0.3) is 0 Å². The summed E-state index contributed by atoms with van der Waals surface area (Å²) < 4.78 is 5.57. The van der Waals surface area contributed by atoms with Gasteiger partial charge in [-0.1, -0.05) is 45.9 Å². The van der Waals surface area contributed by atoms with Gasteiger partial charge < -0.3 is 19.9 Å². The summed E-state index contributed by atoms with van der Waals surface area (Å²) in [6.07, 6.45) is -1.71. The van der Waals surface area contributed by atoms with Crippen LogP contribution in [0.25, 0.3) is 11.5 Å². The van der Waals surface area contributed by atoms with Gasteiger partial charge in [-0.15, -0.1) is 10.2 Å². The molecule has 3 unspecified atom stereocenters.